The number of benzene rings is 1. The molecule has 0 atom stereocenters. The number of nitro benzene ring substituents is 1. The van der Waals surface area contributed by atoms with Crippen LogP contribution in [0.5, 0.6) is 0 Å². The SMILES string of the molecule is O=C(OCc1cc(-c2ccc([N+](=O)[O-])cc2)no1)c1cccnc1. The topological polar surface area (TPSA) is 108 Å². The van der Waals surface area contributed by atoms with E-state index in [-0.39, 0.29) is 12.3 Å². The second-order valence-electron chi connectivity index (χ2n) is 4.80. The highest BCUT2D eigenvalue weighted by molar-refractivity contribution is 5.88. The zero-order valence-corrected chi connectivity index (χ0v) is 12.3. The molecule has 0 radical (unpaired) electrons. The van der Waals surface area contributed by atoms with Gasteiger partial charge in [-0.15, -0.1) is 0 Å². The molecule has 0 N–H and O–H groups in total. The van der Waals surface area contributed by atoms with Crippen molar-refractivity contribution in [3.05, 3.63) is 76.3 Å². The van der Waals surface area contributed by atoms with Crippen molar-refractivity contribution >= 4 is 11.7 Å². The zero-order valence-electron chi connectivity index (χ0n) is 12.3. The van der Waals surface area contributed by atoms with Crippen molar-refractivity contribution in [2.24, 2.45) is 0 Å². The largest absolute Gasteiger partial charge is 0.454 e. The van der Waals surface area contributed by atoms with Gasteiger partial charge in [0.2, 0.25) is 0 Å². The van der Waals surface area contributed by atoms with Crippen LogP contribution in [0, 0.1) is 10.1 Å². The molecule has 0 aliphatic carbocycles. The van der Waals surface area contributed by atoms with Crippen molar-refractivity contribution in [3.63, 3.8) is 0 Å². The summed E-state index contributed by atoms with van der Waals surface area (Å²) in [4.78, 5) is 25.8. The van der Waals surface area contributed by atoms with Crippen molar-refractivity contribution < 1.29 is 19.0 Å². The van der Waals surface area contributed by atoms with E-state index in [1.165, 1.54) is 18.3 Å². The van der Waals surface area contributed by atoms with Gasteiger partial charge in [0.1, 0.15) is 5.69 Å². The monoisotopic (exact) mass is 325 g/mol. The molecule has 0 unspecified atom stereocenters. The Morgan fingerprint density at radius 2 is 2.04 bits per heavy atom. The smallest absolute Gasteiger partial charge is 0.340 e. The van der Waals surface area contributed by atoms with E-state index in [9.17, 15) is 14.9 Å². The summed E-state index contributed by atoms with van der Waals surface area (Å²) in [6.07, 6.45) is 2.97. The minimum atomic E-state index is -0.517. The van der Waals surface area contributed by atoms with Crippen LogP contribution in [0.3, 0.4) is 0 Å². The first-order valence-electron chi connectivity index (χ1n) is 6.91. The number of aromatic nitrogens is 2. The van der Waals surface area contributed by atoms with Gasteiger partial charge in [0.25, 0.3) is 5.69 Å². The number of carbonyl (C=O) groups excluding carboxylic acids is 1. The summed E-state index contributed by atoms with van der Waals surface area (Å²) in [7, 11) is 0. The molecule has 0 saturated heterocycles. The Bertz CT molecular complexity index is 859. The number of nitrogens with zero attached hydrogens (tertiary/aromatic N) is 3. The summed E-state index contributed by atoms with van der Waals surface area (Å²) in [5, 5.41) is 14.5. The van der Waals surface area contributed by atoms with E-state index in [1.54, 1.807) is 36.5 Å². The lowest BCUT2D eigenvalue weighted by Crippen LogP contribution is -2.04. The minimum Gasteiger partial charge on any atom is -0.454 e. The van der Waals surface area contributed by atoms with E-state index in [4.69, 9.17) is 9.26 Å². The summed E-state index contributed by atoms with van der Waals surface area (Å²) >= 11 is 0. The van der Waals surface area contributed by atoms with Crippen molar-refractivity contribution in [1.82, 2.24) is 10.1 Å². The molecule has 0 spiro atoms. The van der Waals surface area contributed by atoms with Crippen LogP contribution >= 0.6 is 0 Å². The third kappa shape index (κ3) is 3.43. The van der Waals surface area contributed by atoms with Gasteiger partial charge < -0.3 is 9.26 Å². The number of esters is 1. The Kier molecular flexibility index (Phi) is 4.28. The second kappa shape index (κ2) is 6.69. The molecule has 2 heterocycles. The third-order valence-electron chi connectivity index (χ3n) is 3.18. The van der Waals surface area contributed by atoms with Gasteiger partial charge in [0, 0.05) is 36.2 Å². The number of carbonyl (C=O) groups is 1. The quantitative estimate of drug-likeness (QED) is 0.403. The van der Waals surface area contributed by atoms with E-state index < -0.39 is 10.9 Å². The van der Waals surface area contributed by atoms with Crippen LogP contribution in [0.1, 0.15) is 16.1 Å². The van der Waals surface area contributed by atoms with Crippen molar-refractivity contribution in [3.8, 4) is 11.3 Å². The number of rotatable bonds is 5. The predicted octanol–water partition coefficient (Wildman–Crippen LogP) is 3.00. The highest BCUT2D eigenvalue weighted by atomic mass is 16.6. The van der Waals surface area contributed by atoms with Crippen LogP contribution in [-0.2, 0) is 11.3 Å². The molecule has 0 aliphatic heterocycles. The summed E-state index contributed by atoms with van der Waals surface area (Å²) in [6.45, 7) is -0.0757. The lowest BCUT2D eigenvalue weighted by Gasteiger charge is -2.00. The second-order valence-corrected chi connectivity index (χ2v) is 4.80. The Hall–Kier alpha value is -3.55. The molecule has 120 valence electrons. The molecule has 24 heavy (non-hydrogen) atoms. The third-order valence-corrected chi connectivity index (χ3v) is 3.18. The van der Waals surface area contributed by atoms with Gasteiger partial charge in [0.15, 0.2) is 12.4 Å². The molecule has 1 aromatic carbocycles. The molecule has 0 aliphatic rings. The van der Waals surface area contributed by atoms with Gasteiger partial charge >= 0.3 is 5.97 Å². The fourth-order valence-electron chi connectivity index (χ4n) is 1.97. The molecule has 0 saturated carbocycles. The minimum absolute atomic E-state index is 0.00660. The van der Waals surface area contributed by atoms with Crippen LogP contribution in [0.2, 0.25) is 0 Å². The van der Waals surface area contributed by atoms with Gasteiger partial charge in [-0.25, -0.2) is 4.79 Å². The molecular formula is C16H11N3O5. The van der Waals surface area contributed by atoms with Crippen molar-refractivity contribution in [2.45, 2.75) is 6.61 Å². The highest BCUT2D eigenvalue weighted by Gasteiger charge is 2.12. The van der Waals surface area contributed by atoms with E-state index >= 15 is 0 Å². The van der Waals surface area contributed by atoms with Crippen LogP contribution < -0.4 is 0 Å². The molecule has 0 fully saturated rings. The molecule has 0 amide bonds. The molecule has 2 aromatic heterocycles. The fourth-order valence-corrected chi connectivity index (χ4v) is 1.97. The van der Waals surface area contributed by atoms with E-state index in [0.29, 0.717) is 22.6 Å². The Morgan fingerprint density at radius 3 is 2.71 bits per heavy atom. The average Bonchev–Trinajstić information content (AvgIpc) is 3.09. The van der Waals surface area contributed by atoms with Crippen LogP contribution in [0.15, 0.2) is 59.4 Å². The van der Waals surface area contributed by atoms with Crippen LogP contribution in [0.4, 0.5) is 5.69 Å². The van der Waals surface area contributed by atoms with E-state index in [0.717, 1.165) is 0 Å². The maximum atomic E-state index is 11.8. The normalized spacial score (nSPS) is 10.3. The van der Waals surface area contributed by atoms with Crippen molar-refractivity contribution in [1.29, 1.82) is 0 Å². The van der Waals surface area contributed by atoms with Gasteiger partial charge in [-0.05, 0) is 24.3 Å². The number of ether oxygens (including phenoxy) is 1. The summed E-state index contributed by atoms with van der Waals surface area (Å²) < 4.78 is 10.2. The predicted molar refractivity (Wildman–Crippen MR) is 81.9 cm³/mol. The first-order valence-corrected chi connectivity index (χ1v) is 6.91. The number of hydrogen-bond acceptors (Lipinski definition) is 7. The maximum absolute atomic E-state index is 11.8. The molecule has 8 heteroatoms. The molecule has 3 aromatic rings. The van der Waals surface area contributed by atoms with Gasteiger partial charge in [-0.2, -0.15) is 0 Å². The van der Waals surface area contributed by atoms with Crippen molar-refractivity contribution in [2.75, 3.05) is 0 Å². The summed E-state index contributed by atoms with van der Waals surface area (Å²) in [5.74, 6) is -0.156. The summed E-state index contributed by atoms with van der Waals surface area (Å²) in [5.41, 5.74) is 1.49. The number of nitro groups is 1. The highest BCUT2D eigenvalue weighted by Crippen LogP contribution is 2.22. The number of pyridine rings is 1. The maximum Gasteiger partial charge on any atom is 0.340 e. The standard InChI is InChI=1S/C16H11N3O5/c20-16(12-2-1-7-17-9-12)23-10-14-8-15(18-24-14)11-3-5-13(6-4-11)19(21)22/h1-9H,10H2. The van der Waals surface area contributed by atoms with E-state index in [2.05, 4.69) is 10.1 Å². The Morgan fingerprint density at radius 1 is 1.25 bits per heavy atom. The number of hydrogen-bond donors (Lipinski definition) is 0. The number of non-ortho nitro benzene ring substituents is 1. The molecular weight excluding hydrogens is 314 g/mol. The van der Waals surface area contributed by atoms with Crippen LogP contribution in [-0.4, -0.2) is 21.0 Å². The first-order chi connectivity index (χ1) is 11.6. The lowest BCUT2D eigenvalue weighted by atomic mass is 10.1. The molecule has 3 rings (SSSR count). The first kappa shape index (κ1) is 15.3. The Labute approximate surface area is 135 Å². The van der Waals surface area contributed by atoms with Crippen LogP contribution in [0.25, 0.3) is 11.3 Å². The van der Waals surface area contributed by atoms with Gasteiger partial charge in [0.05, 0.1) is 10.5 Å². The fraction of sp³-hybridized carbons (Fsp3) is 0.0625. The van der Waals surface area contributed by atoms with Gasteiger partial charge in [-0.1, -0.05) is 5.16 Å². The molecule has 8 nitrogen and oxygen atoms in total. The Balaban J connectivity index is 1.65. The van der Waals surface area contributed by atoms with Gasteiger partial charge in [-0.3, -0.25) is 15.1 Å². The van der Waals surface area contributed by atoms with E-state index in [1.807, 2.05) is 0 Å². The average molecular weight is 325 g/mol. The summed E-state index contributed by atoms with van der Waals surface area (Å²) in [6, 6.07) is 10.7. The zero-order chi connectivity index (χ0) is 16.9. The lowest BCUT2D eigenvalue weighted by molar-refractivity contribution is -0.384. The molecule has 0 bridgehead atoms.